The molecule has 8 heteroatoms. The number of piperidine rings is 1. The Bertz CT molecular complexity index is 1060. The summed E-state index contributed by atoms with van der Waals surface area (Å²) in [6.45, 7) is 5.61. The van der Waals surface area contributed by atoms with Gasteiger partial charge in [-0.1, -0.05) is 18.6 Å². The van der Waals surface area contributed by atoms with E-state index in [-0.39, 0.29) is 17.9 Å². The van der Waals surface area contributed by atoms with Gasteiger partial charge in [0.1, 0.15) is 0 Å². The van der Waals surface area contributed by atoms with Crippen molar-refractivity contribution in [2.45, 2.75) is 39.2 Å². The second-order valence-electron chi connectivity index (χ2n) is 7.51. The second-order valence-corrected chi connectivity index (χ2v) is 7.51. The Morgan fingerprint density at radius 2 is 1.97 bits per heavy atom. The predicted octanol–water partition coefficient (Wildman–Crippen LogP) is 2.10. The van der Waals surface area contributed by atoms with Crippen LogP contribution in [0.15, 0.2) is 35.4 Å². The summed E-state index contributed by atoms with van der Waals surface area (Å²) in [6.07, 6.45) is 5.16. The molecule has 0 saturated carbocycles. The number of carbonyl (C=O) groups is 1. The van der Waals surface area contributed by atoms with E-state index < -0.39 is 0 Å². The van der Waals surface area contributed by atoms with E-state index in [4.69, 9.17) is 0 Å². The fourth-order valence-electron chi connectivity index (χ4n) is 3.83. The SMILES string of the molecule is Cc1c(CC(=O)Nc2nc3ccccc3n2CCN2CCCCC2)nc[nH]c1=O. The van der Waals surface area contributed by atoms with Crippen molar-refractivity contribution in [2.24, 2.45) is 0 Å². The molecule has 0 radical (unpaired) electrons. The number of anilines is 1. The van der Waals surface area contributed by atoms with Gasteiger partial charge in [-0.05, 0) is 45.0 Å². The first kappa shape index (κ1) is 19.3. The third-order valence-corrected chi connectivity index (χ3v) is 5.51. The van der Waals surface area contributed by atoms with E-state index in [2.05, 4.69) is 29.7 Å². The largest absolute Gasteiger partial charge is 0.313 e. The van der Waals surface area contributed by atoms with Crippen molar-refractivity contribution in [1.29, 1.82) is 0 Å². The Kier molecular flexibility index (Phi) is 5.71. The van der Waals surface area contributed by atoms with Gasteiger partial charge in [0.25, 0.3) is 5.56 Å². The van der Waals surface area contributed by atoms with Gasteiger partial charge in [-0.2, -0.15) is 0 Å². The number of para-hydroxylation sites is 2. The van der Waals surface area contributed by atoms with Crippen molar-refractivity contribution in [1.82, 2.24) is 24.4 Å². The van der Waals surface area contributed by atoms with Gasteiger partial charge in [-0.3, -0.25) is 14.9 Å². The Morgan fingerprint density at radius 3 is 2.79 bits per heavy atom. The smallest absolute Gasteiger partial charge is 0.253 e. The third-order valence-electron chi connectivity index (χ3n) is 5.51. The van der Waals surface area contributed by atoms with Crippen LogP contribution in [-0.2, 0) is 17.8 Å². The summed E-state index contributed by atoms with van der Waals surface area (Å²) in [5.74, 6) is 0.302. The van der Waals surface area contributed by atoms with Gasteiger partial charge >= 0.3 is 0 Å². The second kappa shape index (κ2) is 8.57. The highest BCUT2D eigenvalue weighted by atomic mass is 16.2. The number of amides is 1. The highest BCUT2D eigenvalue weighted by molar-refractivity contribution is 5.92. The maximum Gasteiger partial charge on any atom is 0.253 e. The summed E-state index contributed by atoms with van der Waals surface area (Å²) >= 11 is 0. The zero-order valence-corrected chi connectivity index (χ0v) is 16.6. The van der Waals surface area contributed by atoms with Gasteiger partial charge in [0.2, 0.25) is 11.9 Å². The van der Waals surface area contributed by atoms with E-state index in [1.807, 2.05) is 24.3 Å². The molecule has 0 spiro atoms. The van der Waals surface area contributed by atoms with Crippen LogP contribution in [0.4, 0.5) is 5.95 Å². The number of likely N-dealkylation sites (tertiary alicyclic amines) is 1. The summed E-state index contributed by atoms with van der Waals surface area (Å²) in [5.41, 5.74) is 2.57. The maximum atomic E-state index is 12.7. The molecule has 29 heavy (non-hydrogen) atoms. The van der Waals surface area contributed by atoms with Crippen molar-refractivity contribution in [3.63, 3.8) is 0 Å². The zero-order chi connectivity index (χ0) is 20.2. The molecule has 1 fully saturated rings. The average Bonchev–Trinajstić information content (AvgIpc) is 3.07. The van der Waals surface area contributed by atoms with E-state index in [0.717, 1.165) is 37.2 Å². The molecular weight excluding hydrogens is 368 g/mol. The number of nitrogens with zero attached hydrogens (tertiary/aromatic N) is 4. The highest BCUT2D eigenvalue weighted by Crippen LogP contribution is 2.20. The lowest BCUT2D eigenvalue weighted by Crippen LogP contribution is -2.33. The number of H-pyrrole nitrogens is 1. The van der Waals surface area contributed by atoms with E-state index in [0.29, 0.717) is 17.2 Å². The number of imidazole rings is 1. The number of hydrogen-bond donors (Lipinski definition) is 2. The van der Waals surface area contributed by atoms with Gasteiger partial charge in [0.15, 0.2) is 0 Å². The third kappa shape index (κ3) is 4.37. The first-order valence-corrected chi connectivity index (χ1v) is 10.1. The van der Waals surface area contributed by atoms with Gasteiger partial charge in [0, 0.05) is 18.7 Å². The van der Waals surface area contributed by atoms with Crippen molar-refractivity contribution in [3.8, 4) is 0 Å². The quantitative estimate of drug-likeness (QED) is 0.667. The number of rotatable bonds is 6. The number of benzene rings is 1. The number of aromatic amines is 1. The lowest BCUT2D eigenvalue weighted by Gasteiger charge is -2.26. The van der Waals surface area contributed by atoms with E-state index in [1.165, 1.54) is 25.6 Å². The molecule has 2 aromatic heterocycles. The summed E-state index contributed by atoms with van der Waals surface area (Å²) in [4.78, 5) is 38.1. The minimum Gasteiger partial charge on any atom is -0.313 e. The molecule has 2 N–H and O–H groups in total. The van der Waals surface area contributed by atoms with Crippen LogP contribution in [0.5, 0.6) is 0 Å². The highest BCUT2D eigenvalue weighted by Gasteiger charge is 2.17. The number of nitrogens with one attached hydrogen (secondary N) is 2. The van der Waals surface area contributed by atoms with E-state index in [9.17, 15) is 9.59 Å². The molecule has 8 nitrogen and oxygen atoms in total. The summed E-state index contributed by atoms with van der Waals surface area (Å²) < 4.78 is 2.07. The molecule has 3 aromatic rings. The van der Waals surface area contributed by atoms with Crippen LogP contribution >= 0.6 is 0 Å². The van der Waals surface area contributed by atoms with Gasteiger partial charge in [-0.15, -0.1) is 0 Å². The molecule has 0 bridgehead atoms. The van der Waals surface area contributed by atoms with Crippen LogP contribution in [-0.4, -0.2) is 50.0 Å². The Hall–Kier alpha value is -3.00. The lowest BCUT2D eigenvalue weighted by molar-refractivity contribution is -0.115. The Labute approximate surface area is 169 Å². The van der Waals surface area contributed by atoms with Gasteiger partial charge < -0.3 is 14.5 Å². The monoisotopic (exact) mass is 394 g/mol. The predicted molar refractivity (Wildman–Crippen MR) is 112 cm³/mol. The molecular formula is C21H26N6O2. The molecule has 1 aromatic carbocycles. The number of fused-ring (bicyclic) bond motifs is 1. The normalized spacial score (nSPS) is 14.9. The minimum atomic E-state index is -0.235. The van der Waals surface area contributed by atoms with Crippen molar-refractivity contribution in [3.05, 3.63) is 52.2 Å². The van der Waals surface area contributed by atoms with Crippen LogP contribution in [0.1, 0.15) is 30.5 Å². The number of hydrogen-bond acceptors (Lipinski definition) is 5. The molecule has 152 valence electrons. The van der Waals surface area contributed by atoms with Gasteiger partial charge in [0.05, 0.1) is 29.5 Å². The zero-order valence-electron chi connectivity index (χ0n) is 16.6. The fourth-order valence-corrected chi connectivity index (χ4v) is 3.83. The summed E-state index contributed by atoms with van der Waals surface area (Å²) in [6, 6.07) is 7.90. The fraction of sp³-hybridized carbons (Fsp3) is 0.429. The van der Waals surface area contributed by atoms with E-state index >= 15 is 0 Å². The van der Waals surface area contributed by atoms with Crippen LogP contribution < -0.4 is 10.9 Å². The van der Waals surface area contributed by atoms with Crippen LogP contribution in [0.25, 0.3) is 11.0 Å². The number of carbonyl (C=O) groups excluding carboxylic acids is 1. The molecule has 0 unspecified atom stereocenters. The van der Waals surface area contributed by atoms with Gasteiger partial charge in [-0.25, -0.2) is 9.97 Å². The van der Waals surface area contributed by atoms with Crippen LogP contribution in [0.2, 0.25) is 0 Å². The average molecular weight is 394 g/mol. The first-order chi connectivity index (χ1) is 14.1. The topological polar surface area (TPSA) is 95.9 Å². The maximum absolute atomic E-state index is 12.7. The standard InChI is InChI=1S/C21H26N6O2/c1-15-17(22-14-23-20(15)29)13-19(28)25-21-24-16-7-3-4-8-18(16)27(21)12-11-26-9-5-2-6-10-26/h3-4,7-8,14H,2,5-6,9-13H2,1H3,(H,22,23,29)(H,24,25,28). The molecule has 1 amide bonds. The first-order valence-electron chi connectivity index (χ1n) is 10.1. The lowest BCUT2D eigenvalue weighted by atomic mass is 10.1. The van der Waals surface area contributed by atoms with Crippen molar-refractivity contribution >= 4 is 22.9 Å². The molecule has 1 aliphatic heterocycles. The Balaban J connectivity index is 1.53. The molecule has 3 heterocycles. The van der Waals surface area contributed by atoms with Crippen molar-refractivity contribution < 1.29 is 4.79 Å². The molecule has 4 rings (SSSR count). The molecule has 1 saturated heterocycles. The van der Waals surface area contributed by atoms with E-state index in [1.54, 1.807) is 6.92 Å². The van der Waals surface area contributed by atoms with Crippen molar-refractivity contribution in [2.75, 3.05) is 25.0 Å². The summed E-state index contributed by atoms with van der Waals surface area (Å²) in [5, 5.41) is 2.93. The van der Waals surface area contributed by atoms with Crippen LogP contribution in [0.3, 0.4) is 0 Å². The summed E-state index contributed by atoms with van der Waals surface area (Å²) in [7, 11) is 0. The molecule has 0 atom stereocenters. The molecule has 1 aliphatic rings. The van der Waals surface area contributed by atoms with Crippen LogP contribution in [0, 0.1) is 6.92 Å². The number of aromatic nitrogens is 4. The molecule has 0 aliphatic carbocycles. The Morgan fingerprint density at radius 1 is 1.17 bits per heavy atom. The minimum absolute atomic E-state index is 0.0328.